The molecule has 0 amide bonds. The lowest BCUT2D eigenvalue weighted by molar-refractivity contribution is 0.102. The Kier molecular flexibility index (Phi) is 6.43. The Morgan fingerprint density at radius 2 is 1.68 bits per heavy atom. The van der Waals surface area contributed by atoms with Gasteiger partial charge in [0, 0.05) is 29.2 Å². The molecule has 0 fully saturated rings. The Bertz CT molecular complexity index is 1160. The molecule has 4 rings (SSSR count). The van der Waals surface area contributed by atoms with Gasteiger partial charge in [0.05, 0.1) is 12.9 Å². The lowest BCUT2D eigenvalue weighted by atomic mass is 10.1. The fourth-order valence-electron chi connectivity index (χ4n) is 3.16. The van der Waals surface area contributed by atoms with Gasteiger partial charge in [0.2, 0.25) is 0 Å². The summed E-state index contributed by atoms with van der Waals surface area (Å²) in [6.07, 6.45) is 4.39. The van der Waals surface area contributed by atoms with Crippen molar-refractivity contribution in [1.29, 1.82) is 0 Å². The number of ether oxygens (including phenoxy) is 1. The number of hydrogen-bond donors (Lipinski definition) is 0. The molecule has 0 atom stereocenters. The molecule has 2 aromatic heterocycles. The van der Waals surface area contributed by atoms with E-state index in [9.17, 15) is 4.79 Å². The standard InChI is InChI=1S/C24H22N4O2S/c1-3-17-4-6-18(7-5-17)22(29)16-31-24-27-26-23(19-12-14-25-15-13-19)28(24)20-8-10-21(30-2)11-9-20/h4-15H,3,16H2,1-2H3. The summed E-state index contributed by atoms with van der Waals surface area (Å²) in [6, 6.07) is 19.2. The molecule has 0 saturated carbocycles. The SMILES string of the molecule is CCc1ccc(C(=O)CSc2nnc(-c3ccncc3)n2-c2ccc(OC)cc2)cc1. The molecule has 0 bridgehead atoms. The minimum atomic E-state index is 0.0578. The first-order valence-corrected chi connectivity index (χ1v) is 10.9. The van der Waals surface area contributed by atoms with Crippen molar-refractivity contribution < 1.29 is 9.53 Å². The molecule has 156 valence electrons. The second-order valence-corrected chi connectivity index (χ2v) is 7.78. The van der Waals surface area contributed by atoms with E-state index in [4.69, 9.17) is 4.74 Å². The molecule has 0 aliphatic rings. The van der Waals surface area contributed by atoms with E-state index in [0.717, 1.165) is 23.4 Å². The Morgan fingerprint density at radius 3 is 2.32 bits per heavy atom. The minimum Gasteiger partial charge on any atom is -0.497 e. The molecule has 4 aromatic rings. The lowest BCUT2D eigenvalue weighted by Crippen LogP contribution is -2.05. The second-order valence-electron chi connectivity index (χ2n) is 6.84. The van der Waals surface area contributed by atoms with Gasteiger partial charge >= 0.3 is 0 Å². The summed E-state index contributed by atoms with van der Waals surface area (Å²) >= 11 is 1.37. The fourth-order valence-corrected chi connectivity index (χ4v) is 4.00. The zero-order chi connectivity index (χ0) is 21.6. The summed E-state index contributed by atoms with van der Waals surface area (Å²) in [6.45, 7) is 2.10. The van der Waals surface area contributed by atoms with Crippen LogP contribution in [-0.4, -0.2) is 38.4 Å². The van der Waals surface area contributed by atoms with Crippen molar-refractivity contribution in [3.8, 4) is 22.8 Å². The van der Waals surface area contributed by atoms with Crippen molar-refractivity contribution in [2.24, 2.45) is 0 Å². The number of ketones is 1. The second kappa shape index (κ2) is 9.57. The molecule has 0 aliphatic heterocycles. The van der Waals surface area contributed by atoms with E-state index in [2.05, 4.69) is 22.1 Å². The summed E-state index contributed by atoms with van der Waals surface area (Å²) in [5.41, 5.74) is 3.70. The van der Waals surface area contributed by atoms with Gasteiger partial charge in [0.1, 0.15) is 5.75 Å². The zero-order valence-electron chi connectivity index (χ0n) is 17.4. The highest BCUT2D eigenvalue weighted by Gasteiger charge is 2.18. The van der Waals surface area contributed by atoms with Crippen LogP contribution in [0.15, 0.2) is 78.2 Å². The van der Waals surface area contributed by atoms with Crippen LogP contribution in [0.2, 0.25) is 0 Å². The average Bonchev–Trinajstić information content (AvgIpc) is 3.27. The van der Waals surface area contributed by atoms with Gasteiger partial charge in [-0.1, -0.05) is 43.0 Å². The quantitative estimate of drug-likeness (QED) is 0.293. The molecule has 2 heterocycles. The predicted molar refractivity (Wildman–Crippen MR) is 122 cm³/mol. The largest absolute Gasteiger partial charge is 0.497 e. The molecule has 0 aliphatic carbocycles. The maximum Gasteiger partial charge on any atom is 0.196 e. The highest BCUT2D eigenvalue weighted by Crippen LogP contribution is 2.29. The van der Waals surface area contributed by atoms with Crippen LogP contribution >= 0.6 is 11.8 Å². The molecule has 6 nitrogen and oxygen atoms in total. The van der Waals surface area contributed by atoms with Crippen LogP contribution in [0.3, 0.4) is 0 Å². The van der Waals surface area contributed by atoms with Crippen LogP contribution in [0.5, 0.6) is 5.75 Å². The molecular weight excluding hydrogens is 408 g/mol. The van der Waals surface area contributed by atoms with Gasteiger partial charge in [-0.05, 0) is 48.4 Å². The van der Waals surface area contributed by atoms with E-state index in [1.165, 1.54) is 17.3 Å². The number of hydrogen-bond acceptors (Lipinski definition) is 6. The number of rotatable bonds is 8. The number of benzene rings is 2. The third-order valence-corrected chi connectivity index (χ3v) is 5.85. The fraction of sp³-hybridized carbons (Fsp3) is 0.167. The summed E-state index contributed by atoms with van der Waals surface area (Å²) in [4.78, 5) is 16.8. The van der Waals surface area contributed by atoms with E-state index in [1.54, 1.807) is 19.5 Å². The van der Waals surface area contributed by atoms with Crippen LogP contribution in [0.4, 0.5) is 0 Å². The third-order valence-electron chi connectivity index (χ3n) is 4.92. The van der Waals surface area contributed by atoms with Crippen molar-refractivity contribution in [2.45, 2.75) is 18.5 Å². The Morgan fingerprint density at radius 1 is 0.968 bits per heavy atom. The Hall–Kier alpha value is -3.45. The van der Waals surface area contributed by atoms with Gasteiger partial charge in [0.25, 0.3) is 0 Å². The number of carbonyl (C=O) groups excluding carboxylic acids is 1. The number of carbonyl (C=O) groups is 1. The zero-order valence-corrected chi connectivity index (χ0v) is 18.2. The van der Waals surface area contributed by atoms with Gasteiger partial charge in [-0.15, -0.1) is 10.2 Å². The summed E-state index contributed by atoms with van der Waals surface area (Å²) in [7, 11) is 1.64. The maximum atomic E-state index is 12.7. The van der Waals surface area contributed by atoms with Gasteiger partial charge in [-0.2, -0.15) is 0 Å². The highest BCUT2D eigenvalue weighted by atomic mass is 32.2. The molecule has 0 radical (unpaired) electrons. The molecule has 31 heavy (non-hydrogen) atoms. The number of thioether (sulfide) groups is 1. The van der Waals surface area contributed by atoms with Gasteiger partial charge < -0.3 is 4.74 Å². The molecule has 0 N–H and O–H groups in total. The number of pyridine rings is 1. The number of aromatic nitrogens is 4. The van der Waals surface area contributed by atoms with Gasteiger partial charge in [-0.3, -0.25) is 14.3 Å². The smallest absolute Gasteiger partial charge is 0.196 e. The lowest BCUT2D eigenvalue weighted by Gasteiger charge is -2.11. The predicted octanol–water partition coefficient (Wildman–Crippen LogP) is 4.88. The van der Waals surface area contributed by atoms with Crippen LogP contribution in [0.25, 0.3) is 17.1 Å². The number of aryl methyl sites for hydroxylation is 1. The molecule has 0 saturated heterocycles. The van der Waals surface area contributed by atoms with Crippen LogP contribution in [0, 0.1) is 0 Å². The maximum absolute atomic E-state index is 12.7. The van der Waals surface area contributed by atoms with Crippen LogP contribution in [0.1, 0.15) is 22.8 Å². The van der Waals surface area contributed by atoms with Gasteiger partial charge in [0.15, 0.2) is 16.8 Å². The Labute approximate surface area is 185 Å². The van der Waals surface area contributed by atoms with Crippen molar-refractivity contribution in [2.75, 3.05) is 12.9 Å². The van der Waals surface area contributed by atoms with E-state index < -0.39 is 0 Å². The Balaban J connectivity index is 1.63. The van der Waals surface area contributed by atoms with Crippen molar-refractivity contribution in [3.05, 3.63) is 84.2 Å². The van der Waals surface area contributed by atoms with Crippen LogP contribution < -0.4 is 4.74 Å². The highest BCUT2D eigenvalue weighted by molar-refractivity contribution is 7.99. The molecule has 7 heteroatoms. The van der Waals surface area contributed by atoms with E-state index in [1.807, 2.05) is 65.2 Å². The molecule has 0 unspecified atom stereocenters. The first-order chi connectivity index (χ1) is 15.2. The van der Waals surface area contributed by atoms with Gasteiger partial charge in [-0.25, -0.2) is 0 Å². The summed E-state index contributed by atoms with van der Waals surface area (Å²) < 4.78 is 7.23. The van der Waals surface area contributed by atoms with Crippen molar-refractivity contribution in [3.63, 3.8) is 0 Å². The normalized spacial score (nSPS) is 10.8. The monoisotopic (exact) mass is 430 g/mol. The van der Waals surface area contributed by atoms with Crippen molar-refractivity contribution in [1.82, 2.24) is 19.7 Å². The summed E-state index contributed by atoms with van der Waals surface area (Å²) in [5.74, 6) is 1.79. The van der Waals surface area contributed by atoms with E-state index >= 15 is 0 Å². The number of Topliss-reactive ketones (excluding diaryl/α,β-unsaturated/α-hetero) is 1. The molecular formula is C24H22N4O2S. The van der Waals surface area contributed by atoms with E-state index in [0.29, 0.717) is 16.5 Å². The topological polar surface area (TPSA) is 69.9 Å². The van der Waals surface area contributed by atoms with Crippen LogP contribution in [-0.2, 0) is 6.42 Å². The summed E-state index contributed by atoms with van der Waals surface area (Å²) in [5, 5.41) is 9.43. The average molecular weight is 431 g/mol. The van der Waals surface area contributed by atoms with Crippen molar-refractivity contribution >= 4 is 17.5 Å². The number of methoxy groups -OCH3 is 1. The third kappa shape index (κ3) is 4.67. The first-order valence-electron chi connectivity index (χ1n) is 9.94. The molecule has 0 spiro atoms. The number of nitrogens with zero attached hydrogens (tertiary/aromatic N) is 4. The minimum absolute atomic E-state index is 0.0578. The molecule has 2 aromatic carbocycles. The first kappa shape index (κ1) is 20.8. The van der Waals surface area contributed by atoms with E-state index in [-0.39, 0.29) is 11.5 Å².